The van der Waals surface area contributed by atoms with Gasteiger partial charge in [-0.25, -0.2) is 0 Å². The Labute approximate surface area is 135 Å². The molecule has 0 saturated carbocycles. The molecule has 2 fully saturated rings. The van der Waals surface area contributed by atoms with Gasteiger partial charge < -0.3 is 10.2 Å². The lowest BCUT2D eigenvalue weighted by Crippen LogP contribution is -2.62. The Balaban J connectivity index is 1.63. The summed E-state index contributed by atoms with van der Waals surface area (Å²) in [6.45, 7) is 5.77. The summed E-state index contributed by atoms with van der Waals surface area (Å²) < 4.78 is 1.82. The van der Waals surface area contributed by atoms with Gasteiger partial charge in [-0.1, -0.05) is 15.9 Å². The predicted molar refractivity (Wildman–Crippen MR) is 86.0 cm³/mol. The highest BCUT2D eigenvalue weighted by Crippen LogP contribution is 2.23. The monoisotopic (exact) mass is 401 g/mol. The Morgan fingerprint density at radius 2 is 1.85 bits per heavy atom. The molecular formula is C14H17Br2N3O. The number of nitrogens with zero attached hydrogens (tertiary/aromatic N) is 2. The van der Waals surface area contributed by atoms with E-state index < -0.39 is 0 Å². The average Bonchev–Trinajstić information content (AvgIpc) is 2.37. The third-order valence-corrected chi connectivity index (χ3v) is 5.19. The van der Waals surface area contributed by atoms with Crippen molar-refractivity contribution in [2.75, 3.05) is 39.3 Å². The molecule has 0 radical (unpaired) electrons. The maximum absolute atomic E-state index is 12.5. The molecule has 0 atom stereocenters. The first kappa shape index (κ1) is 14.5. The molecule has 2 aliphatic heterocycles. The van der Waals surface area contributed by atoms with Crippen LogP contribution in [-0.2, 0) is 0 Å². The zero-order chi connectivity index (χ0) is 14.1. The molecule has 6 heteroatoms. The van der Waals surface area contributed by atoms with Crippen LogP contribution in [0.2, 0.25) is 0 Å². The minimum absolute atomic E-state index is 0.121. The van der Waals surface area contributed by atoms with Crippen molar-refractivity contribution < 1.29 is 4.79 Å². The molecule has 1 N–H and O–H groups in total. The molecule has 2 saturated heterocycles. The van der Waals surface area contributed by atoms with Gasteiger partial charge in [-0.15, -0.1) is 0 Å². The van der Waals surface area contributed by atoms with Crippen molar-refractivity contribution in [3.8, 4) is 0 Å². The molecule has 1 aromatic carbocycles. The van der Waals surface area contributed by atoms with Crippen molar-refractivity contribution in [2.45, 2.75) is 6.04 Å². The molecule has 1 aromatic rings. The van der Waals surface area contributed by atoms with E-state index in [4.69, 9.17) is 0 Å². The third kappa shape index (κ3) is 2.93. The fraction of sp³-hybridized carbons (Fsp3) is 0.500. The molecule has 4 nitrogen and oxygen atoms in total. The number of amides is 1. The zero-order valence-corrected chi connectivity index (χ0v) is 14.3. The van der Waals surface area contributed by atoms with Crippen LogP contribution in [0.3, 0.4) is 0 Å². The van der Waals surface area contributed by atoms with Gasteiger partial charge in [0.15, 0.2) is 0 Å². The lowest BCUT2D eigenvalue weighted by Gasteiger charge is -2.43. The minimum Gasteiger partial charge on any atom is -0.336 e. The van der Waals surface area contributed by atoms with E-state index >= 15 is 0 Å². The SMILES string of the molecule is O=C(c1ccc(Br)cc1Br)N1CCN(C2CNC2)CC1. The zero-order valence-electron chi connectivity index (χ0n) is 11.1. The fourth-order valence-corrected chi connectivity index (χ4v) is 3.87. The number of carbonyl (C=O) groups excluding carboxylic acids is 1. The maximum atomic E-state index is 12.5. The molecular weight excluding hydrogens is 386 g/mol. The summed E-state index contributed by atoms with van der Waals surface area (Å²) in [6.07, 6.45) is 0. The normalized spacial score (nSPS) is 20.8. The Morgan fingerprint density at radius 3 is 2.40 bits per heavy atom. The molecule has 0 spiro atoms. The predicted octanol–water partition coefficient (Wildman–Crippen LogP) is 1.94. The Morgan fingerprint density at radius 1 is 1.15 bits per heavy atom. The number of piperazine rings is 1. The molecule has 108 valence electrons. The van der Waals surface area contributed by atoms with E-state index in [9.17, 15) is 4.79 Å². The molecule has 2 heterocycles. The molecule has 0 aromatic heterocycles. The number of halogens is 2. The van der Waals surface area contributed by atoms with Gasteiger partial charge in [0.1, 0.15) is 0 Å². The van der Waals surface area contributed by atoms with E-state index in [1.54, 1.807) is 0 Å². The Bertz CT molecular complexity index is 511. The Hall–Kier alpha value is -0.430. The summed E-state index contributed by atoms with van der Waals surface area (Å²) in [4.78, 5) is 17.0. The number of hydrogen-bond donors (Lipinski definition) is 1. The summed E-state index contributed by atoms with van der Waals surface area (Å²) in [5.74, 6) is 0.121. The number of hydrogen-bond acceptors (Lipinski definition) is 3. The molecule has 0 bridgehead atoms. The van der Waals surface area contributed by atoms with Gasteiger partial charge in [0.2, 0.25) is 0 Å². The summed E-state index contributed by atoms with van der Waals surface area (Å²) in [5.41, 5.74) is 0.743. The van der Waals surface area contributed by atoms with Crippen LogP contribution in [0, 0.1) is 0 Å². The average molecular weight is 403 g/mol. The Kier molecular flexibility index (Phi) is 4.45. The summed E-state index contributed by atoms with van der Waals surface area (Å²) >= 11 is 6.89. The molecule has 3 rings (SSSR count). The van der Waals surface area contributed by atoms with Crippen molar-refractivity contribution >= 4 is 37.8 Å². The number of carbonyl (C=O) groups is 1. The van der Waals surface area contributed by atoms with Crippen LogP contribution < -0.4 is 5.32 Å². The van der Waals surface area contributed by atoms with E-state index in [-0.39, 0.29) is 5.91 Å². The van der Waals surface area contributed by atoms with Crippen LogP contribution in [-0.4, -0.2) is 61.0 Å². The summed E-state index contributed by atoms with van der Waals surface area (Å²) in [7, 11) is 0. The number of rotatable bonds is 2. The van der Waals surface area contributed by atoms with Crippen LogP contribution in [0.4, 0.5) is 0 Å². The smallest absolute Gasteiger partial charge is 0.255 e. The summed E-state index contributed by atoms with van der Waals surface area (Å²) in [6, 6.07) is 6.38. The maximum Gasteiger partial charge on any atom is 0.255 e. The lowest BCUT2D eigenvalue weighted by atomic mass is 10.1. The second kappa shape index (κ2) is 6.13. The van der Waals surface area contributed by atoms with Crippen LogP contribution in [0.1, 0.15) is 10.4 Å². The van der Waals surface area contributed by atoms with Gasteiger partial charge in [0, 0.05) is 54.3 Å². The van der Waals surface area contributed by atoms with Gasteiger partial charge in [-0.3, -0.25) is 9.69 Å². The van der Waals surface area contributed by atoms with Gasteiger partial charge >= 0.3 is 0 Å². The van der Waals surface area contributed by atoms with Crippen LogP contribution in [0.25, 0.3) is 0 Å². The van der Waals surface area contributed by atoms with Gasteiger partial charge in [0.05, 0.1) is 5.56 Å². The first-order chi connectivity index (χ1) is 9.65. The van der Waals surface area contributed by atoms with E-state index in [0.29, 0.717) is 6.04 Å². The van der Waals surface area contributed by atoms with Crippen LogP contribution in [0.15, 0.2) is 27.1 Å². The van der Waals surface area contributed by atoms with E-state index in [1.165, 1.54) is 0 Å². The van der Waals surface area contributed by atoms with Crippen molar-refractivity contribution in [2.24, 2.45) is 0 Å². The van der Waals surface area contributed by atoms with E-state index in [2.05, 4.69) is 42.1 Å². The van der Waals surface area contributed by atoms with Gasteiger partial charge in [-0.2, -0.15) is 0 Å². The standard InChI is InChI=1S/C14H17Br2N3O/c15-10-1-2-12(13(16)7-10)14(20)19-5-3-18(4-6-19)11-8-17-9-11/h1-2,7,11,17H,3-6,8-9H2. The van der Waals surface area contributed by atoms with Gasteiger partial charge in [-0.05, 0) is 34.1 Å². The largest absolute Gasteiger partial charge is 0.336 e. The molecule has 20 heavy (non-hydrogen) atoms. The highest BCUT2D eigenvalue weighted by molar-refractivity contribution is 9.11. The van der Waals surface area contributed by atoms with Crippen molar-refractivity contribution in [3.05, 3.63) is 32.7 Å². The van der Waals surface area contributed by atoms with Gasteiger partial charge in [0.25, 0.3) is 5.91 Å². The number of benzene rings is 1. The highest BCUT2D eigenvalue weighted by Gasteiger charge is 2.29. The molecule has 0 unspecified atom stereocenters. The minimum atomic E-state index is 0.121. The fourth-order valence-electron chi connectivity index (χ4n) is 2.66. The summed E-state index contributed by atoms with van der Waals surface area (Å²) in [5, 5.41) is 3.30. The molecule has 0 aliphatic carbocycles. The van der Waals surface area contributed by atoms with Crippen LogP contribution in [0.5, 0.6) is 0 Å². The first-order valence-electron chi connectivity index (χ1n) is 6.84. The van der Waals surface area contributed by atoms with Crippen molar-refractivity contribution in [1.29, 1.82) is 0 Å². The second-order valence-electron chi connectivity index (χ2n) is 5.26. The molecule has 1 amide bonds. The highest BCUT2D eigenvalue weighted by atomic mass is 79.9. The number of nitrogens with one attached hydrogen (secondary N) is 1. The van der Waals surface area contributed by atoms with Crippen LogP contribution >= 0.6 is 31.9 Å². The molecule has 2 aliphatic rings. The van der Waals surface area contributed by atoms with E-state index in [1.807, 2.05) is 23.1 Å². The van der Waals surface area contributed by atoms with E-state index in [0.717, 1.165) is 53.8 Å². The lowest BCUT2D eigenvalue weighted by molar-refractivity contribution is 0.0501. The van der Waals surface area contributed by atoms with Crippen molar-refractivity contribution in [3.63, 3.8) is 0 Å². The third-order valence-electron chi connectivity index (χ3n) is 4.04. The topological polar surface area (TPSA) is 35.6 Å². The first-order valence-corrected chi connectivity index (χ1v) is 8.43. The second-order valence-corrected chi connectivity index (χ2v) is 7.03. The van der Waals surface area contributed by atoms with Crippen molar-refractivity contribution in [1.82, 2.24) is 15.1 Å². The quantitative estimate of drug-likeness (QED) is 0.821.